The lowest BCUT2D eigenvalue weighted by molar-refractivity contribution is 0.234. The van der Waals surface area contributed by atoms with Crippen LogP contribution >= 0.6 is 11.6 Å². The Morgan fingerprint density at radius 2 is 2.15 bits per heavy atom. The third-order valence-corrected chi connectivity index (χ3v) is 3.45. The van der Waals surface area contributed by atoms with Crippen LogP contribution in [0, 0.1) is 5.82 Å². The minimum absolute atomic E-state index is 0.214. The molecule has 2 aromatic rings. The Kier molecular flexibility index (Phi) is 5.06. The SMILES string of the molecule is CN(Cc1ccccn1)C(CN)c1ccc(Cl)cc1F. The molecule has 2 rings (SSSR count). The van der Waals surface area contributed by atoms with Crippen LogP contribution in [0.5, 0.6) is 0 Å². The highest BCUT2D eigenvalue weighted by Gasteiger charge is 2.19. The van der Waals surface area contributed by atoms with Crippen LogP contribution < -0.4 is 5.73 Å². The van der Waals surface area contributed by atoms with Gasteiger partial charge >= 0.3 is 0 Å². The molecule has 0 bridgehead atoms. The number of halogens is 2. The van der Waals surface area contributed by atoms with Crippen molar-refractivity contribution in [2.45, 2.75) is 12.6 Å². The number of benzene rings is 1. The van der Waals surface area contributed by atoms with Gasteiger partial charge in [0, 0.05) is 29.9 Å². The number of hydrogen-bond acceptors (Lipinski definition) is 3. The van der Waals surface area contributed by atoms with Gasteiger partial charge in [-0.1, -0.05) is 23.7 Å². The zero-order valence-electron chi connectivity index (χ0n) is 11.3. The Bertz CT molecular complexity index is 562. The maximum Gasteiger partial charge on any atom is 0.129 e. The minimum Gasteiger partial charge on any atom is -0.329 e. The molecule has 106 valence electrons. The fraction of sp³-hybridized carbons (Fsp3) is 0.267. The average molecular weight is 294 g/mol. The van der Waals surface area contributed by atoms with Gasteiger partial charge in [-0.05, 0) is 31.3 Å². The van der Waals surface area contributed by atoms with Crippen LogP contribution in [0.4, 0.5) is 4.39 Å². The summed E-state index contributed by atoms with van der Waals surface area (Å²) in [6, 6.07) is 10.2. The molecule has 0 fully saturated rings. The monoisotopic (exact) mass is 293 g/mol. The highest BCUT2D eigenvalue weighted by Crippen LogP contribution is 2.25. The molecule has 2 N–H and O–H groups in total. The molecule has 1 heterocycles. The maximum atomic E-state index is 14.0. The van der Waals surface area contributed by atoms with Crippen molar-refractivity contribution < 1.29 is 4.39 Å². The smallest absolute Gasteiger partial charge is 0.129 e. The molecule has 3 nitrogen and oxygen atoms in total. The minimum atomic E-state index is -0.333. The van der Waals surface area contributed by atoms with Gasteiger partial charge in [0.2, 0.25) is 0 Å². The Morgan fingerprint density at radius 1 is 1.35 bits per heavy atom. The summed E-state index contributed by atoms with van der Waals surface area (Å²) in [5, 5.41) is 0.384. The maximum absolute atomic E-state index is 14.0. The fourth-order valence-corrected chi connectivity index (χ4v) is 2.33. The quantitative estimate of drug-likeness (QED) is 0.921. The van der Waals surface area contributed by atoms with E-state index in [-0.39, 0.29) is 11.9 Å². The summed E-state index contributed by atoms with van der Waals surface area (Å²) < 4.78 is 14.0. The van der Waals surface area contributed by atoms with E-state index in [1.54, 1.807) is 18.3 Å². The Morgan fingerprint density at radius 3 is 2.75 bits per heavy atom. The van der Waals surface area contributed by atoms with Crippen LogP contribution in [0.3, 0.4) is 0 Å². The molecule has 1 aromatic heterocycles. The van der Waals surface area contributed by atoms with Crippen LogP contribution in [0.25, 0.3) is 0 Å². The number of rotatable bonds is 5. The summed E-state index contributed by atoms with van der Waals surface area (Å²) in [4.78, 5) is 6.25. The van der Waals surface area contributed by atoms with Crippen molar-refractivity contribution in [3.8, 4) is 0 Å². The van der Waals surface area contributed by atoms with Crippen LogP contribution in [0.15, 0.2) is 42.6 Å². The van der Waals surface area contributed by atoms with E-state index in [9.17, 15) is 4.39 Å². The van der Waals surface area contributed by atoms with Crippen molar-refractivity contribution in [2.24, 2.45) is 5.73 Å². The van der Waals surface area contributed by atoms with Crippen molar-refractivity contribution in [2.75, 3.05) is 13.6 Å². The van der Waals surface area contributed by atoms with Gasteiger partial charge in [-0.15, -0.1) is 0 Å². The predicted molar refractivity (Wildman–Crippen MR) is 78.9 cm³/mol. The highest BCUT2D eigenvalue weighted by molar-refractivity contribution is 6.30. The van der Waals surface area contributed by atoms with E-state index < -0.39 is 0 Å². The summed E-state index contributed by atoms with van der Waals surface area (Å²) in [6.45, 7) is 0.923. The number of aromatic nitrogens is 1. The van der Waals surface area contributed by atoms with E-state index in [0.717, 1.165) is 5.69 Å². The lowest BCUT2D eigenvalue weighted by Gasteiger charge is -2.27. The van der Waals surface area contributed by atoms with Crippen molar-refractivity contribution in [1.29, 1.82) is 0 Å². The first-order chi connectivity index (χ1) is 9.61. The molecule has 0 amide bonds. The lowest BCUT2D eigenvalue weighted by Crippen LogP contribution is -2.31. The van der Waals surface area contributed by atoms with Gasteiger partial charge in [0.1, 0.15) is 5.82 Å². The molecule has 0 spiro atoms. The van der Waals surface area contributed by atoms with Gasteiger partial charge in [0.25, 0.3) is 0 Å². The first-order valence-electron chi connectivity index (χ1n) is 6.37. The molecule has 1 unspecified atom stereocenters. The van der Waals surface area contributed by atoms with Crippen molar-refractivity contribution >= 4 is 11.6 Å². The van der Waals surface area contributed by atoms with E-state index in [1.807, 2.05) is 30.1 Å². The van der Waals surface area contributed by atoms with Crippen molar-refractivity contribution in [1.82, 2.24) is 9.88 Å². The molecule has 0 aliphatic rings. The Hall–Kier alpha value is -1.49. The summed E-state index contributed by atoms with van der Waals surface area (Å²) in [5.41, 5.74) is 7.28. The topological polar surface area (TPSA) is 42.2 Å². The van der Waals surface area contributed by atoms with Gasteiger partial charge in [0.05, 0.1) is 11.7 Å². The second-order valence-corrected chi connectivity index (χ2v) is 5.09. The van der Waals surface area contributed by atoms with E-state index in [4.69, 9.17) is 17.3 Å². The third-order valence-electron chi connectivity index (χ3n) is 3.21. The van der Waals surface area contributed by atoms with E-state index >= 15 is 0 Å². The number of nitrogens with zero attached hydrogens (tertiary/aromatic N) is 2. The molecule has 1 atom stereocenters. The molecule has 0 saturated heterocycles. The number of pyridine rings is 1. The molecular formula is C15H17ClFN3. The summed E-state index contributed by atoms with van der Waals surface area (Å²) >= 11 is 5.78. The number of hydrogen-bond donors (Lipinski definition) is 1. The van der Waals surface area contributed by atoms with E-state index in [0.29, 0.717) is 23.7 Å². The zero-order valence-corrected chi connectivity index (χ0v) is 12.0. The summed E-state index contributed by atoms with van der Waals surface area (Å²) in [5.74, 6) is -0.333. The van der Waals surface area contributed by atoms with Gasteiger partial charge in [-0.25, -0.2) is 4.39 Å². The molecule has 0 aliphatic heterocycles. The molecule has 5 heteroatoms. The highest BCUT2D eigenvalue weighted by atomic mass is 35.5. The van der Waals surface area contributed by atoms with Gasteiger partial charge in [-0.3, -0.25) is 9.88 Å². The number of nitrogens with two attached hydrogens (primary N) is 1. The first kappa shape index (κ1) is 14.9. The second kappa shape index (κ2) is 6.79. The van der Waals surface area contributed by atoms with E-state index in [1.165, 1.54) is 6.07 Å². The molecular weight excluding hydrogens is 277 g/mol. The van der Waals surface area contributed by atoms with Gasteiger partial charge < -0.3 is 5.73 Å². The molecule has 0 saturated carbocycles. The summed E-state index contributed by atoms with van der Waals surface area (Å²) in [7, 11) is 1.90. The molecule has 20 heavy (non-hydrogen) atoms. The summed E-state index contributed by atoms with van der Waals surface area (Å²) in [6.07, 6.45) is 1.74. The van der Waals surface area contributed by atoms with Gasteiger partial charge in [-0.2, -0.15) is 0 Å². The molecule has 0 aliphatic carbocycles. The normalized spacial score (nSPS) is 12.7. The van der Waals surface area contributed by atoms with Crippen LogP contribution in [0.1, 0.15) is 17.3 Å². The third kappa shape index (κ3) is 3.54. The molecule has 0 radical (unpaired) electrons. The zero-order chi connectivity index (χ0) is 14.5. The van der Waals surface area contributed by atoms with Crippen molar-refractivity contribution in [3.63, 3.8) is 0 Å². The fourth-order valence-electron chi connectivity index (χ4n) is 2.17. The first-order valence-corrected chi connectivity index (χ1v) is 6.74. The predicted octanol–water partition coefficient (Wildman–Crippen LogP) is 3.01. The lowest BCUT2D eigenvalue weighted by atomic mass is 10.0. The molecule has 1 aromatic carbocycles. The van der Waals surface area contributed by atoms with Crippen LogP contribution in [-0.4, -0.2) is 23.5 Å². The van der Waals surface area contributed by atoms with Gasteiger partial charge in [0.15, 0.2) is 0 Å². The van der Waals surface area contributed by atoms with Crippen LogP contribution in [-0.2, 0) is 6.54 Å². The standard InChI is InChI=1S/C15H17ClFN3/c1-20(10-12-4-2-3-7-19-12)15(9-18)13-6-5-11(16)8-14(13)17/h2-8,15H,9-10,18H2,1H3. The van der Waals surface area contributed by atoms with Crippen LogP contribution in [0.2, 0.25) is 5.02 Å². The second-order valence-electron chi connectivity index (χ2n) is 4.65. The van der Waals surface area contributed by atoms with Crippen molar-refractivity contribution in [3.05, 3.63) is 64.7 Å². The number of likely N-dealkylation sites (N-methyl/N-ethyl adjacent to an activating group) is 1. The average Bonchev–Trinajstić information content (AvgIpc) is 2.43. The Balaban J connectivity index is 2.19. The Labute approximate surface area is 123 Å². The largest absolute Gasteiger partial charge is 0.329 e. The van der Waals surface area contributed by atoms with E-state index in [2.05, 4.69) is 4.98 Å².